The highest BCUT2D eigenvalue weighted by Crippen LogP contribution is 2.23. The molecule has 0 bridgehead atoms. The number of nitrogens with one attached hydrogen (secondary N) is 1. The van der Waals surface area contributed by atoms with Crippen molar-refractivity contribution >= 4 is 21.5 Å². The summed E-state index contributed by atoms with van der Waals surface area (Å²) < 4.78 is 27.0. The van der Waals surface area contributed by atoms with E-state index in [-0.39, 0.29) is 16.7 Å². The lowest BCUT2D eigenvalue weighted by Crippen LogP contribution is -2.31. The van der Waals surface area contributed by atoms with Crippen LogP contribution in [-0.4, -0.2) is 37.6 Å². The van der Waals surface area contributed by atoms with Crippen LogP contribution in [-0.2, 0) is 10.0 Å². The van der Waals surface area contributed by atoms with E-state index in [0.717, 1.165) is 12.1 Å². The summed E-state index contributed by atoms with van der Waals surface area (Å²) in [6.07, 6.45) is 0.764. The van der Waals surface area contributed by atoms with Crippen molar-refractivity contribution in [1.82, 2.24) is 4.31 Å². The fourth-order valence-corrected chi connectivity index (χ4v) is 4.35. The highest BCUT2D eigenvalue weighted by molar-refractivity contribution is 7.89. The molecule has 24 heavy (non-hydrogen) atoms. The molecule has 1 aliphatic rings. The Morgan fingerprint density at radius 1 is 1.08 bits per heavy atom. The fourth-order valence-electron chi connectivity index (χ4n) is 2.85. The van der Waals surface area contributed by atoms with Crippen molar-refractivity contribution in [3.8, 4) is 0 Å². The van der Waals surface area contributed by atoms with Crippen LogP contribution in [0.4, 0.5) is 5.69 Å². The first-order valence-corrected chi connectivity index (χ1v) is 9.33. The van der Waals surface area contributed by atoms with Gasteiger partial charge in [-0.1, -0.05) is 30.3 Å². The number of ketones is 1. The molecule has 1 unspecified atom stereocenters. The summed E-state index contributed by atoms with van der Waals surface area (Å²) in [5, 5.41) is 3.37. The number of sulfonamides is 1. The van der Waals surface area contributed by atoms with Crippen LogP contribution in [0.25, 0.3) is 0 Å². The Hall–Kier alpha value is -2.18. The molecule has 6 heteroatoms. The van der Waals surface area contributed by atoms with E-state index in [0.29, 0.717) is 18.7 Å². The first-order chi connectivity index (χ1) is 11.5. The normalized spacial score (nSPS) is 18.5. The fraction of sp³-hybridized carbons (Fsp3) is 0.278. The highest BCUT2D eigenvalue weighted by Gasteiger charge is 2.32. The zero-order valence-corrected chi connectivity index (χ0v) is 14.3. The number of hydrogen-bond donors (Lipinski definition) is 1. The summed E-state index contributed by atoms with van der Waals surface area (Å²) >= 11 is 0. The maximum Gasteiger partial charge on any atom is 0.243 e. The standard InChI is InChI=1S/C18H20N2O3S/c1-14(21)15-7-9-18(10-8-15)24(22,23)20-12-11-17(13-20)19-16-5-3-2-4-6-16/h2-10,17,19H,11-13H2,1H3. The van der Waals surface area contributed by atoms with Crippen LogP contribution >= 0.6 is 0 Å². The molecule has 2 aromatic carbocycles. The molecule has 1 fully saturated rings. The summed E-state index contributed by atoms with van der Waals surface area (Å²) in [7, 11) is -3.52. The van der Waals surface area contributed by atoms with Crippen molar-refractivity contribution < 1.29 is 13.2 Å². The molecule has 1 heterocycles. The van der Waals surface area contributed by atoms with Gasteiger partial charge in [0.15, 0.2) is 5.78 Å². The molecule has 126 valence electrons. The number of hydrogen-bond acceptors (Lipinski definition) is 4. The summed E-state index contributed by atoms with van der Waals surface area (Å²) in [4.78, 5) is 11.5. The molecule has 0 aliphatic carbocycles. The lowest BCUT2D eigenvalue weighted by atomic mass is 10.2. The maximum atomic E-state index is 12.7. The molecule has 0 spiro atoms. The average Bonchev–Trinajstić information content (AvgIpc) is 3.05. The Labute approximate surface area is 142 Å². The molecular formula is C18H20N2O3S. The second kappa shape index (κ2) is 6.75. The third kappa shape index (κ3) is 3.49. The Kier molecular flexibility index (Phi) is 4.69. The topological polar surface area (TPSA) is 66.5 Å². The van der Waals surface area contributed by atoms with E-state index in [1.165, 1.54) is 23.4 Å². The minimum atomic E-state index is -3.52. The van der Waals surface area contributed by atoms with Gasteiger partial charge in [-0.15, -0.1) is 0 Å². The van der Waals surface area contributed by atoms with Crippen molar-refractivity contribution in [2.45, 2.75) is 24.3 Å². The van der Waals surface area contributed by atoms with E-state index in [4.69, 9.17) is 0 Å². The number of para-hydroxylation sites is 1. The minimum absolute atomic E-state index is 0.0766. The Balaban J connectivity index is 1.71. The lowest BCUT2D eigenvalue weighted by molar-refractivity contribution is 0.101. The number of nitrogens with zero attached hydrogens (tertiary/aromatic N) is 1. The van der Waals surface area contributed by atoms with Gasteiger partial charge in [0.25, 0.3) is 0 Å². The Morgan fingerprint density at radius 3 is 2.38 bits per heavy atom. The predicted octanol–water partition coefficient (Wildman–Crippen LogP) is 2.76. The summed E-state index contributed by atoms with van der Waals surface area (Å²) in [6, 6.07) is 16.0. The molecule has 1 saturated heterocycles. The van der Waals surface area contributed by atoms with Gasteiger partial charge < -0.3 is 5.32 Å². The number of carbonyl (C=O) groups is 1. The third-order valence-corrected chi connectivity index (χ3v) is 6.07. The minimum Gasteiger partial charge on any atom is -0.381 e. The molecule has 5 nitrogen and oxygen atoms in total. The summed E-state index contributed by atoms with van der Waals surface area (Å²) in [5.41, 5.74) is 1.51. The molecule has 2 aromatic rings. The molecule has 0 saturated carbocycles. The van der Waals surface area contributed by atoms with E-state index in [9.17, 15) is 13.2 Å². The summed E-state index contributed by atoms with van der Waals surface area (Å²) in [5.74, 6) is -0.0766. The van der Waals surface area contributed by atoms with Crippen LogP contribution in [0, 0.1) is 0 Å². The molecular weight excluding hydrogens is 324 g/mol. The average molecular weight is 344 g/mol. The second-order valence-corrected chi connectivity index (χ2v) is 7.88. The van der Waals surface area contributed by atoms with Crippen LogP contribution < -0.4 is 5.32 Å². The summed E-state index contributed by atoms with van der Waals surface area (Å²) in [6.45, 7) is 2.39. The highest BCUT2D eigenvalue weighted by atomic mass is 32.2. The largest absolute Gasteiger partial charge is 0.381 e. The van der Waals surface area contributed by atoms with Gasteiger partial charge in [-0.2, -0.15) is 4.31 Å². The Bertz CT molecular complexity index is 817. The van der Waals surface area contributed by atoms with Crippen molar-refractivity contribution in [1.29, 1.82) is 0 Å². The van der Waals surface area contributed by atoms with Crippen LogP contribution in [0.1, 0.15) is 23.7 Å². The molecule has 1 atom stereocenters. The molecule has 0 aromatic heterocycles. The monoisotopic (exact) mass is 344 g/mol. The number of rotatable bonds is 5. The van der Waals surface area contributed by atoms with Crippen LogP contribution in [0.5, 0.6) is 0 Å². The maximum absolute atomic E-state index is 12.7. The van der Waals surface area contributed by atoms with Gasteiger partial charge >= 0.3 is 0 Å². The SMILES string of the molecule is CC(=O)c1ccc(S(=O)(=O)N2CCC(Nc3ccccc3)C2)cc1. The van der Waals surface area contributed by atoms with Gasteiger partial charge in [-0.25, -0.2) is 8.42 Å². The quantitative estimate of drug-likeness (QED) is 0.847. The van der Waals surface area contributed by atoms with E-state index in [2.05, 4.69) is 5.32 Å². The van der Waals surface area contributed by atoms with Crippen molar-refractivity contribution in [2.75, 3.05) is 18.4 Å². The van der Waals surface area contributed by atoms with Crippen LogP contribution in [0.15, 0.2) is 59.5 Å². The number of anilines is 1. The van der Waals surface area contributed by atoms with Gasteiger partial charge in [0.2, 0.25) is 10.0 Å². The van der Waals surface area contributed by atoms with Crippen LogP contribution in [0.3, 0.4) is 0 Å². The number of carbonyl (C=O) groups excluding carboxylic acids is 1. The van der Waals surface area contributed by atoms with E-state index in [1.54, 1.807) is 12.1 Å². The van der Waals surface area contributed by atoms with Crippen LogP contribution in [0.2, 0.25) is 0 Å². The Morgan fingerprint density at radius 2 is 1.75 bits per heavy atom. The predicted molar refractivity (Wildman–Crippen MR) is 93.7 cm³/mol. The van der Waals surface area contributed by atoms with Gasteiger partial charge in [0.1, 0.15) is 0 Å². The zero-order chi connectivity index (χ0) is 17.2. The molecule has 0 radical (unpaired) electrons. The smallest absolute Gasteiger partial charge is 0.243 e. The van der Waals surface area contributed by atoms with E-state index < -0.39 is 10.0 Å². The van der Waals surface area contributed by atoms with Crippen molar-refractivity contribution in [2.24, 2.45) is 0 Å². The van der Waals surface area contributed by atoms with Crippen molar-refractivity contribution in [3.63, 3.8) is 0 Å². The third-order valence-electron chi connectivity index (χ3n) is 4.19. The number of benzene rings is 2. The van der Waals surface area contributed by atoms with Gasteiger partial charge in [0.05, 0.1) is 4.90 Å². The van der Waals surface area contributed by atoms with Gasteiger partial charge in [-0.05, 0) is 37.6 Å². The molecule has 1 aliphatic heterocycles. The van der Waals surface area contributed by atoms with Gasteiger partial charge in [-0.3, -0.25) is 4.79 Å². The van der Waals surface area contributed by atoms with E-state index >= 15 is 0 Å². The van der Waals surface area contributed by atoms with Crippen molar-refractivity contribution in [3.05, 3.63) is 60.2 Å². The van der Waals surface area contributed by atoms with Gasteiger partial charge in [0, 0.05) is 30.4 Å². The molecule has 0 amide bonds. The zero-order valence-electron chi connectivity index (χ0n) is 13.5. The number of Topliss-reactive ketones (excluding diaryl/α,β-unsaturated/α-hetero) is 1. The first kappa shape index (κ1) is 16.7. The lowest BCUT2D eigenvalue weighted by Gasteiger charge is -2.18. The molecule has 3 rings (SSSR count). The van der Waals surface area contributed by atoms with E-state index in [1.807, 2.05) is 30.3 Å². The second-order valence-electron chi connectivity index (χ2n) is 5.94. The molecule has 1 N–H and O–H groups in total. The first-order valence-electron chi connectivity index (χ1n) is 7.89.